The van der Waals surface area contributed by atoms with Crippen molar-refractivity contribution in [1.29, 1.82) is 0 Å². The Balaban J connectivity index is 1.69. The lowest BCUT2D eigenvalue weighted by atomic mass is 10.2. The molecule has 0 amide bonds. The quantitative estimate of drug-likeness (QED) is 0.643. The van der Waals surface area contributed by atoms with Gasteiger partial charge < -0.3 is 10.1 Å². The van der Waals surface area contributed by atoms with E-state index in [2.05, 4.69) is 20.0 Å². The van der Waals surface area contributed by atoms with Crippen molar-refractivity contribution in [1.82, 2.24) is 9.97 Å². The molecule has 0 radical (unpaired) electrons. The number of hydrogen-bond acceptors (Lipinski definition) is 5. The van der Waals surface area contributed by atoms with Crippen LogP contribution in [0.4, 0.5) is 27.1 Å². The molecule has 4 nitrogen and oxygen atoms in total. The number of benzene rings is 1. The summed E-state index contributed by atoms with van der Waals surface area (Å²) in [6.07, 6.45) is -3.26. The van der Waals surface area contributed by atoms with Gasteiger partial charge in [-0.2, -0.15) is 22.0 Å². The summed E-state index contributed by atoms with van der Waals surface area (Å²) in [4.78, 5) is 8.07. The smallest absolute Gasteiger partial charge is 0.416 e. The van der Waals surface area contributed by atoms with Gasteiger partial charge in [-0.15, -0.1) is 0 Å². The maximum atomic E-state index is 12.7. The van der Waals surface area contributed by atoms with E-state index in [0.717, 1.165) is 18.3 Å². The average molecular weight is 375 g/mol. The normalized spacial score (nSPS) is 11.9. The third kappa shape index (κ3) is 4.32. The summed E-state index contributed by atoms with van der Waals surface area (Å²) in [5, 5.41) is 3.38. The summed E-state index contributed by atoms with van der Waals surface area (Å²) in [5.41, 5.74) is 0.0287. The fraction of sp³-hybridized carbons (Fsp3) is 0.200. The number of halogens is 5. The molecule has 0 saturated heterocycles. The number of rotatable bonds is 5. The third-order valence-electron chi connectivity index (χ3n) is 3.16. The summed E-state index contributed by atoms with van der Waals surface area (Å²) in [6.45, 7) is -2.68. The molecule has 0 fully saturated rings. The summed E-state index contributed by atoms with van der Waals surface area (Å²) in [6, 6.07) is 6.22. The van der Waals surface area contributed by atoms with Crippen LogP contribution in [-0.4, -0.2) is 16.6 Å². The molecule has 2 heterocycles. The number of ether oxygens (including phenoxy) is 1. The molecule has 132 valence electrons. The van der Waals surface area contributed by atoms with Gasteiger partial charge in [0.25, 0.3) is 0 Å². The fourth-order valence-electron chi connectivity index (χ4n) is 2.03. The van der Waals surface area contributed by atoms with E-state index in [1.165, 1.54) is 29.5 Å². The van der Waals surface area contributed by atoms with Gasteiger partial charge in [0, 0.05) is 0 Å². The Morgan fingerprint density at radius 2 is 1.96 bits per heavy atom. The van der Waals surface area contributed by atoms with E-state index in [1.807, 2.05) is 0 Å². The molecule has 0 aliphatic rings. The van der Waals surface area contributed by atoms with Gasteiger partial charge in [0.2, 0.25) is 0 Å². The second-order valence-electron chi connectivity index (χ2n) is 4.92. The highest BCUT2D eigenvalue weighted by Gasteiger charge is 2.30. The molecule has 0 saturated carbocycles. The molecule has 3 rings (SSSR count). The summed E-state index contributed by atoms with van der Waals surface area (Å²) >= 11 is 1.21. The molecule has 1 N–H and O–H groups in total. The van der Waals surface area contributed by atoms with Gasteiger partial charge in [-0.05, 0) is 30.3 Å². The van der Waals surface area contributed by atoms with Gasteiger partial charge in [0.05, 0.1) is 34.2 Å². The molecule has 0 unspecified atom stereocenters. The van der Waals surface area contributed by atoms with E-state index in [1.54, 1.807) is 0 Å². The van der Waals surface area contributed by atoms with Crippen LogP contribution in [0, 0.1) is 0 Å². The van der Waals surface area contributed by atoms with E-state index >= 15 is 0 Å². The number of aromatic nitrogens is 2. The number of anilines is 1. The topological polar surface area (TPSA) is 47.0 Å². The standard InChI is InChI=1S/C15H10F5N3OS/c16-13(17)24-10-3-2-9(21-7-10)6-22-14-23-11-5-8(15(18,19)20)1-4-12(11)25-14/h1-5,7,13H,6H2,(H,22,23). The summed E-state index contributed by atoms with van der Waals surface area (Å²) in [7, 11) is 0. The van der Waals surface area contributed by atoms with Gasteiger partial charge in [0.15, 0.2) is 5.13 Å². The highest BCUT2D eigenvalue weighted by Crippen LogP contribution is 2.34. The second-order valence-corrected chi connectivity index (χ2v) is 5.95. The first-order chi connectivity index (χ1) is 11.8. The third-order valence-corrected chi connectivity index (χ3v) is 4.15. The molecule has 1 aromatic carbocycles. The first kappa shape index (κ1) is 17.3. The molecular formula is C15H10F5N3OS. The van der Waals surface area contributed by atoms with Crippen LogP contribution in [0.1, 0.15) is 11.3 Å². The van der Waals surface area contributed by atoms with Gasteiger partial charge in [-0.25, -0.2) is 4.98 Å². The van der Waals surface area contributed by atoms with Crippen LogP contribution < -0.4 is 10.1 Å². The van der Waals surface area contributed by atoms with Crippen LogP contribution in [0.15, 0.2) is 36.5 Å². The lowest BCUT2D eigenvalue weighted by Gasteiger charge is -2.05. The Hall–Kier alpha value is -2.49. The van der Waals surface area contributed by atoms with Crippen molar-refractivity contribution in [3.8, 4) is 5.75 Å². The molecular weight excluding hydrogens is 365 g/mol. The number of nitrogens with one attached hydrogen (secondary N) is 1. The first-order valence-corrected chi connectivity index (χ1v) is 7.74. The number of nitrogens with zero attached hydrogens (tertiary/aromatic N) is 2. The van der Waals surface area contributed by atoms with E-state index in [4.69, 9.17) is 0 Å². The average Bonchev–Trinajstić information content (AvgIpc) is 2.95. The van der Waals surface area contributed by atoms with Crippen LogP contribution in [0.5, 0.6) is 5.75 Å². The van der Waals surface area contributed by atoms with Crippen molar-refractivity contribution in [2.75, 3.05) is 5.32 Å². The maximum absolute atomic E-state index is 12.7. The van der Waals surface area contributed by atoms with Gasteiger partial charge >= 0.3 is 12.8 Å². The van der Waals surface area contributed by atoms with Crippen LogP contribution >= 0.6 is 11.3 Å². The Bertz CT molecular complexity index is 864. The highest BCUT2D eigenvalue weighted by atomic mass is 32.1. The number of pyridine rings is 1. The predicted molar refractivity (Wildman–Crippen MR) is 82.8 cm³/mol. The minimum absolute atomic E-state index is 0.0570. The fourth-order valence-corrected chi connectivity index (χ4v) is 2.88. The second kappa shape index (κ2) is 6.79. The van der Waals surface area contributed by atoms with Gasteiger partial charge in [-0.3, -0.25) is 4.98 Å². The Morgan fingerprint density at radius 1 is 1.16 bits per heavy atom. The maximum Gasteiger partial charge on any atom is 0.416 e. The molecule has 25 heavy (non-hydrogen) atoms. The summed E-state index contributed by atoms with van der Waals surface area (Å²) < 4.78 is 67.0. The SMILES string of the molecule is FC(F)Oc1ccc(CNc2nc3cc(C(F)(F)F)ccc3s2)nc1. The molecule has 2 aromatic heterocycles. The number of hydrogen-bond donors (Lipinski definition) is 1. The lowest BCUT2D eigenvalue weighted by molar-refractivity contribution is -0.137. The zero-order valence-corrected chi connectivity index (χ0v) is 13.2. The highest BCUT2D eigenvalue weighted by molar-refractivity contribution is 7.22. The van der Waals surface area contributed by atoms with Crippen LogP contribution in [0.2, 0.25) is 0 Å². The molecule has 0 aliphatic heterocycles. The van der Waals surface area contributed by atoms with Crippen LogP contribution in [0.3, 0.4) is 0 Å². The van der Waals surface area contributed by atoms with Crippen LogP contribution in [0.25, 0.3) is 10.2 Å². The molecule has 0 atom stereocenters. The van der Waals surface area contributed by atoms with Crippen molar-refractivity contribution >= 4 is 26.7 Å². The van der Waals surface area contributed by atoms with Gasteiger partial charge in [0.1, 0.15) is 5.75 Å². The predicted octanol–water partition coefficient (Wildman–Crippen LogP) is 4.92. The Morgan fingerprint density at radius 3 is 2.60 bits per heavy atom. The van der Waals surface area contributed by atoms with Crippen molar-refractivity contribution in [2.45, 2.75) is 19.3 Å². The monoisotopic (exact) mass is 375 g/mol. The Kier molecular flexibility index (Phi) is 4.71. The number of thiazole rings is 1. The van der Waals surface area contributed by atoms with Crippen molar-refractivity contribution in [2.24, 2.45) is 0 Å². The number of alkyl halides is 5. The summed E-state index contributed by atoms with van der Waals surface area (Å²) in [5.74, 6) is -0.0570. The minimum atomic E-state index is -4.42. The first-order valence-electron chi connectivity index (χ1n) is 6.92. The van der Waals surface area contributed by atoms with Crippen LogP contribution in [-0.2, 0) is 12.7 Å². The molecule has 0 bridgehead atoms. The largest absolute Gasteiger partial charge is 0.433 e. The van der Waals surface area contributed by atoms with E-state index < -0.39 is 18.4 Å². The van der Waals surface area contributed by atoms with Gasteiger partial charge in [-0.1, -0.05) is 11.3 Å². The van der Waals surface area contributed by atoms with Crippen molar-refractivity contribution in [3.05, 3.63) is 47.8 Å². The van der Waals surface area contributed by atoms with Crippen molar-refractivity contribution in [3.63, 3.8) is 0 Å². The van der Waals surface area contributed by atoms with E-state index in [0.29, 0.717) is 15.5 Å². The zero-order valence-electron chi connectivity index (χ0n) is 12.3. The van der Waals surface area contributed by atoms with Crippen molar-refractivity contribution < 1.29 is 26.7 Å². The lowest BCUT2D eigenvalue weighted by Crippen LogP contribution is -2.04. The molecule has 0 aliphatic carbocycles. The van der Waals surface area contributed by atoms with E-state index in [9.17, 15) is 22.0 Å². The minimum Gasteiger partial charge on any atom is -0.433 e. The number of fused-ring (bicyclic) bond motifs is 1. The zero-order chi connectivity index (χ0) is 18.0. The Labute approximate surface area is 142 Å². The molecule has 10 heteroatoms. The molecule has 0 spiro atoms. The molecule has 3 aromatic rings. The van der Waals surface area contributed by atoms with E-state index in [-0.39, 0.29) is 17.8 Å².